The Morgan fingerprint density at radius 3 is 1.35 bits per heavy atom. The van der Waals surface area contributed by atoms with Gasteiger partial charge in [0.2, 0.25) is 6.10 Å². The second-order valence-electron chi connectivity index (χ2n) is 2.24. The molecular formula is C9H26O8+2. The minimum Gasteiger partial charge on any atom is -0.563 e. The summed E-state index contributed by atoms with van der Waals surface area (Å²) >= 11 is 0. The van der Waals surface area contributed by atoms with Gasteiger partial charge in [0.25, 0.3) is 0 Å². The Kier molecular flexibility index (Phi) is 35.3. The normalized spacial score (nSPS) is 10.5. The lowest BCUT2D eigenvalue weighted by molar-refractivity contribution is -0.149. The predicted molar refractivity (Wildman–Crippen MR) is 63.7 cm³/mol. The second kappa shape index (κ2) is 20.2. The summed E-state index contributed by atoms with van der Waals surface area (Å²) in [6.45, 7) is 2.61. The number of aliphatic hydroxyl groups excluding tert-OH is 3. The maximum absolute atomic E-state index is 10.0. The molecule has 0 aliphatic rings. The third kappa shape index (κ3) is 31.3. The Labute approximate surface area is 101 Å². The van der Waals surface area contributed by atoms with Crippen LogP contribution in [0.25, 0.3) is 0 Å². The first-order valence-corrected chi connectivity index (χ1v) is 3.97. The number of carbonyl (C=O) groups excluding carboxylic acids is 2. The molecule has 0 fully saturated rings. The van der Waals surface area contributed by atoms with Crippen LogP contribution in [-0.4, -0.2) is 58.8 Å². The van der Waals surface area contributed by atoms with Crippen LogP contribution >= 0.6 is 0 Å². The molecule has 0 bridgehead atoms. The smallest absolute Gasteiger partial charge is 0.544 e. The molecule has 0 rings (SSSR count). The zero-order chi connectivity index (χ0) is 13.0. The highest BCUT2D eigenvalue weighted by Gasteiger charge is 2.12. The number of esters is 1. The zero-order valence-electron chi connectivity index (χ0n) is 9.80. The number of hydrogen-bond donors (Lipinski definition) is 3. The third-order valence-corrected chi connectivity index (χ3v) is 0.922. The second-order valence-corrected chi connectivity index (χ2v) is 2.24. The minimum absolute atomic E-state index is 0. The molecule has 0 aliphatic heterocycles. The number of methoxy groups -OCH3 is 1. The van der Waals surface area contributed by atoms with Crippen LogP contribution in [0.5, 0.6) is 0 Å². The van der Waals surface area contributed by atoms with E-state index in [0.29, 0.717) is 0 Å². The van der Waals surface area contributed by atoms with Crippen LogP contribution in [0.2, 0.25) is 0 Å². The van der Waals surface area contributed by atoms with Crippen LogP contribution in [0.3, 0.4) is 0 Å². The Bertz CT molecular complexity index is 166. The van der Waals surface area contributed by atoms with Crippen LogP contribution in [0.1, 0.15) is 21.3 Å². The van der Waals surface area contributed by atoms with E-state index in [2.05, 4.69) is 4.74 Å². The number of carbonyl (C=O) groups is 2. The fourth-order valence-electron chi connectivity index (χ4n) is 0.171. The Hall–Kier alpha value is -1.22. The molecule has 0 heterocycles. The van der Waals surface area contributed by atoms with Gasteiger partial charge in [0.05, 0.1) is 7.11 Å². The summed E-state index contributed by atoms with van der Waals surface area (Å²) in [5.74, 6) is -1.53. The maximum atomic E-state index is 10.0. The molecule has 108 valence electrons. The average molecular weight is 262 g/mol. The molecule has 0 saturated heterocycles. The molecule has 0 spiro atoms. The SMILES string of the molecule is C.CC(O)C(=O)[OH2+].CO.COC(=O)C(C)O.[OH3+]. The van der Waals surface area contributed by atoms with Crippen LogP contribution < -0.4 is 0 Å². The summed E-state index contributed by atoms with van der Waals surface area (Å²) in [5, 5.41) is 29.6. The summed E-state index contributed by atoms with van der Waals surface area (Å²) in [4.78, 5) is 19.6. The lowest BCUT2D eigenvalue weighted by atomic mass is 10.4. The third-order valence-electron chi connectivity index (χ3n) is 0.922. The topological polar surface area (TPSA) is 160 Å². The molecule has 0 amide bonds. The quantitative estimate of drug-likeness (QED) is 0.367. The average Bonchev–Trinajstić information content (AvgIpc) is 2.20. The fourth-order valence-corrected chi connectivity index (χ4v) is 0.171. The van der Waals surface area contributed by atoms with Gasteiger partial charge in [-0.05, 0) is 13.8 Å². The van der Waals surface area contributed by atoms with Gasteiger partial charge in [-0.2, -0.15) is 0 Å². The summed E-state index contributed by atoms with van der Waals surface area (Å²) in [7, 11) is 2.23. The van der Waals surface area contributed by atoms with Crippen molar-refractivity contribution >= 4 is 11.9 Å². The number of hydrogen-bond acceptors (Lipinski definition) is 6. The molecule has 0 radical (unpaired) electrons. The van der Waals surface area contributed by atoms with Crippen molar-refractivity contribution in [2.75, 3.05) is 14.2 Å². The molecule has 2 atom stereocenters. The monoisotopic (exact) mass is 262 g/mol. The molecule has 2 unspecified atom stereocenters. The first kappa shape index (κ1) is 29.7. The van der Waals surface area contributed by atoms with Gasteiger partial charge in [0.15, 0.2) is 0 Å². The Morgan fingerprint density at radius 1 is 1.12 bits per heavy atom. The molecule has 8 heteroatoms. The Balaban J connectivity index is -0.0000000448. The van der Waals surface area contributed by atoms with Crippen molar-refractivity contribution in [3.63, 3.8) is 0 Å². The predicted octanol–water partition coefficient (Wildman–Crippen LogP) is -2.52. The van der Waals surface area contributed by atoms with Crippen molar-refractivity contribution in [1.29, 1.82) is 0 Å². The van der Waals surface area contributed by atoms with E-state index in [9.17, 15) is 9.59 Å². The lowest BCUT2D eigenvalue weighted by Crippen LogP contribution is -2.16. The molecule has 0 saturated carbocycles. The van der Waals surface area contributed by atoms with Crippen molar-refractivity contribution in [3.8, 4) is 0 Å². The molecule has 8 N–H and O–H groups in total. The summed E-state index contributed by atoms with van der Waals surface area (Å²) in [6, 6.07) is 0. The standard InChI is InChI=1S/C4H8O3.C3H6O3.CH4O.CH4.H2O/c1-3(5)4(6)7-2;1-2(4)3(5)6;1-2;;/h3,5H,1-2H3;2,4H,1H3,(H,5,6);2H,1H3;1H4;1H2/p+2. The van der Waals surface area contributed by atoms with Crippen LogP contribution in [0.4, 0.5) is 0 Å². The van der Waals surface area contributed by atoms with E-state index in [1.807, 2.05) is 0 Å². The number of aliphatic hydroxyl groups is 3. The van der Waals surface area contributed by atoms with Crippen LogP contribution in [0, 0.1) is 0 Å². The minimum atomic E-state index is -1.12. The molecule has 17 heavy (non-hydrogen) atoms. The fraction of sp³-hybridized carbons (Fsp3) is 0.778. The number of ether oxygens (including phenoxy) is 1. The molecule has 0 aromatic heterocycles. The van der Waals surface area contributed by atoms with Crippen molar-refractivity contribution in [2.24, 2.45) is 0 Å². The van der Waals surface area contributed by atoms with Gasteiger partial charge in [-0.3, -0.25) is 0 Å². The molecule has 8 nitrogen and oxygen atoms in total. The van der Waals surface area contributed by atoms with Gasteiger partial charge in [-0.25, -0.2) is 4.79 Å². The van der Waals surface area contributed by atoms with E-state index in [-0.39, 0.29) is 12.9 Å². The molecular weight excluding hydrogens is 236 g/mol. The highest BCUT2D eigenvalue weighted by Crippen LogP contribution is 1.80. The van der Waals surface area contributed by atoms with E-state index in [1.54, 1.807) is 0 Å². The van der Waals surface area contributed by atoms with Crippen molar-refractivity contribution in [3.05, 3.63) is 0 Å². The largest absolute Gasteiger partial charge is 0.563 e. The first-order valence-electron chi connectivity index (χ1n) is 3.97. The number of rotatable bonds is 2. The molecule has 0 aromatic carbocycles. The van der Waals surface area contributed by atoms with Gasteiger partial charge >= 0.3 is 11.9 Å². The van der Waals surface area contributed by atoms with E-state index >= 15 is 0 Å². The first-order chi connectivity index (χ1) is 6.82. The van der Waals surface area contributed by atoms with E-state index < -0.39 is 24.1 Å². The van der Waals surface area contributed by atoms with Crippen molar-refractivity contribution in [2.45, 2.75) is 33.5 Å². The van der Waals surface area contributed by atoms with Crippen LogP contribution in [0.15, 0.2) is 0 Å². The van der Waals surface area contributed by atoms with E-state index in [1.165, 1.54) is 21.0 Å². The maximum Gasteiger partial charge on any atom is 0.544 e. The van der Waals surface area contributed by atoms with Gasteiger partial charge in [-0.1, -0.05) is 7.43 Å². The van der Waals surface area contributed by atoms with Gasteiger partial charge in [0.1, 0.15) is 6.10 Å². The van der Waals surface area contributed by atoms with Crippen LogP contribution in [-0.2, 0) is 19.8 Å². The van der Waals surface area contributed by atoms with E-state index in [0.717, 1.165) is 7.11 Å². The lowest BCUT2D eigenvalue weighted by Gasteiger charge is -1.97. The van der Waals surface area contributed by atoms with Crippen molar-refractivity contribution < 1.29 is 40.2 Å². The highest BCUT2D eigenvalue weighted by atomic mass is 16.5. The summed E-state index contributed by atoms with van der Waals surface area (Å²) in [5.41, 5.74) is 0. The molecule has 0 aromatic rings. The molecule has 0 aliphatic carbocycles. The highest BCUT2D eigenvalue weighted by molar-refractivity contribution is 5.73. The van der Waals surface area contributed by atoms with Gasteiger partial charge < -0.3 is 30.6 Å². The zero-order valence-corrected chi connectivity index (χ0v) is 9.80. The summed E-state index contributed by atoms with van der Waals surface area (Å²) in [6.07, 6.45) is -2.12. The van der Waals surface area contributed by atoms with Gasteiger partial charge in [0, 0.05) is 11.9 Å². The Morgan fingerprint density at radius 2 is 1.35 bits per heavy atom. The van der Waals surface area contributed by atoms with Crippen molar-refractivity contribution in [1.82, 2.24) is 0 Å². The summed E-state index contributed by atoms with van der Waals surface area (Å²) < 4.78 is 4.12. The van der Waals surface area contributed by atoms with Gasteiger partial charge in [-0.15, -0.1) is 0 Å². The van der Waals surface area contributed by atoms with E-state index in [4.69, 9.17) is 20.4 Å².